The molecule has 0 bridgehead atoms. The normalized spacial score (nSPS) is 11.7. The molecule has 90 valence electrons. The first-order chi connectivity index (χ1) is 6.81. The van der Waals surface area contributed by atoms with Crippen molar-refractivity contribution >= 4 is 15.7 Å². The minimum atomic E-state index is -2.98. The van der Waals surface area contributed by atoms with Gasteiger partial charge in [0.25, 0.3) is 0 Å². The molecule has 2 N–H and O–H groups in total. The SMILES string of the molecule is CC(C)NCCC(=O)NCCS(C)(=O)=O. The Morgan fingerprint density at radius 1 is 1.27 bits per heavy atom. The molecule has 0 spiro atoms. The van der Waals surface area contributed by atoms with E-state index in [9.17, 15) is 13.2 Å². The number of sulfone groups is 1. The summed E-state index contributed by atoms with van der Waals surface area (Å²) < 4.78 is 21.5. The third-order valence-corrected chi connectivity index (χ3v) is 2.65. The quantitative estimate of drug-likeness (QED) is 0.627. The van der Waals surface area contributed by atoms with E-state index in [0.717, 1.165) is 6.26 Å². The largest absolute Gasteiger partial charge is 0.355 e. The lowest BCUT2D eigenvalue weighted by Crippen LogP contribution is -2.32. The molecule has 0 aliphatic rings. The van der Waals surface area contributed by atoms with Crippen LogP contribution in [0.5, 0.6) is 0 Å². The standard InChI is InChI=1S/C9H20N2O3S/c1-8(2)10-5-4-9(12)11-6-7-15(3,13)14/h8,10H,4-7H2,1-3H3,(H,11,12). The predicted molar refractivity (Wildman–Crippen MR) is 60.5 cm³/mol. The fourth-order valence-electron chi connectivity index (χ4n) is 0.939. The van der Waals surface area contributed by atoms with E-state index in [1.807, 2.05) is 13.8 Å². The van der Waals surface area contributed by atoms with Gasteiger partial charge >= 0.3 is 0 Å². The summed E-state index contributed by atoms with van der Waals surface area (Å²) in [6, 6.07) is 0.355. The highest BCUT2D eigenvalue weighted by Crippen LogP contribution is 1.83. The average Bonchev–Trinajstić information content (AvgIpc) is 2.00. The van der Waals surface area contributed by atoms with Gasteiger partial charge in [-0.05, 0) is 0 Å². The molecule has 1 amide bonds. The Morgan fingerprint density at radius 3 is 2.33 bits per heavy atom. The summed E-state index contributed by atoms with van der Waals surface area (Å²) in [6.45, 7) is 4.81. The topological polar surface area (TPSA) is 75.3 Å². The number of hydrogen-bond donors (Lipinski definition) is 2. The van der Waals surface area contributed by atoms with Gasteiger partial charge in [-0.25, -0.2) is 8.42 Å². The minimum absolute atomic E-state index is 0.00362. The highest BCUT2D eigenvalue weighted by Gasteiger charge is 2.04. The molecule has 0 aromatic carbocycles. The summed E-state index contributed by atoms with van der Waals surface area (Å²) in [4.78, 5) is 11.2. The van der Waals surface area contributed by atoms with Crippen LogP contribution in [0.4, 0.5) is 0 Å². The summed E-state index contributed by atoms with van der Waals surface area (Å²) in [7, 11) is -2.98. The van der Waals surface area contributed by atoms with E-state index in [4.69, 9.17) is 0 Å². The molecule has 0 saturated carbocycles. The van der Waals surface area contributed by atoms with E-state index in [1.54, 1.807) is 0 Å². The maximum absolute atomic E-state index is 11.2. The van der Waals surface area contributed by atoms with Gasteiger partial charge in [0.1, 0.15) is 9.84 Å². The lowest BCUT2D eigenvalue weighted by atomic mass is 10.3. The van der Waals surface area contributed by atoms with Crippen LogP contribution >= 0.6 is 0 Å². The Labute approximate surface area is 91.5 Å². The second-order valence-corrected chi connectivity index (χ2v) is 6.10. The van der Waals surface area contributed by atoms with E-state index >= 15 is 0 Å². The number of nitrogens with one attached hydrogen (secondary N) is 2. The number of rotatable bonds is 7. The van der Waals surface area contributed by atoms with Crippen LogP contribution in [0.3, 0.4) is 0 Å². The molecule has 0 aliphatic heterocycles. The zero-order chi connectivity index (χ0) is 11.9. The van der Waals surface area contributed by atoms with E-state index in [2.05, 4.69) is 10.6 Å². The van der Waals surface area contributed by atoms with Gasteiger partial charge in [-0.15, -0.1) is 0 Å². The summed E-state index contributed by atoms with van der Waals surface area (Å²) in [6.07, 6.45) is 1.53. The highest BCUT2D eigenvalue weighted by atomic mass is 32.2. The van der Waals surface area contributed by atoms with Gasteiger partial charge in [0, 0.05) is 31.8 Å². The number of carbonyl (C=O) groups is 1. The summed E-state index contributed by atoms with van der Waals surface area (Å²) in [5, 5.41) is 5.66. The van der Waals surface area contributed by atoms with Crippen LogP contribution in [0.15, 0.2) is 0 Å². The van der Waals surface area contributed by atoms with Crippen molar-refractivity contribution in [3.8, 4) is 0 Å². The second-order valence-electron chi connectivity index (χ2n) is 3.84. The maximum atomic E-state index is 11.2. The van der Waals surface area contributed by atoms with Gasteiger partial charge in [0.05, 0.1) is 5.75 Å². The lowest BCUT2D eigenvalue weighted by molar-refractivity contribution is -0.120. The monoisotopic (exact) mass is 236 g/mol. The molecular formula is C9H20N2O3S. The van der Waals surface area contributed by atoms with Crippen molar-refractivity contribution in [3.05, 3.63) is 0 Å². The van der Waals surface area contributed by atoms with Crippen molar-refractivity contribution in [2.45, 2.75) is 26.3 Å². The van der Waals surface area contributed by atoms with Crippen LogP contribution in [-0.2, 0) is 14.6 Å². The van der Waals surface area contributed by atoms with Gasteiger partial charge in [-0.1, -0.05) is 13.8 Å². The lowest BCUT2D eigenvalue weighted by Gasteiger charge is -2.08. The third kappa shape index (κ3) is 11.3. The van der Waals surface area contributed by atoms with Crippen LogP contribution in [-0.4, -0.2) is 45.5 Å². The molecule has 0 aromatic heterocycles. The molecule has 0 heterocycles. The molecule has 6 heteroatoms. The molecule has 0 aliphatic carbocycles. The smallest absolute Gasteiger partial charge is 0.221 e. The minimum Gasteiger partial charge on any atom is -0.355 e. The maximum Gasteiger partial charge on any atom is 0.221 e. The molecule has 0 saturated heterocycles. The van der Waals surface area contributed by atoms with E-state index in [0.29, 0.717) is 19.0 Å². The van der Waals surface area contributed by atoms with Crippen molar-refractivity contribution < 1.29 is 13.2 Å². The molecule has 0 rings (SSSR count). The number of amides is 1. The zero-order valence-electron chi connectivity index (χ0n) is 9.54. The first-order valence-corrected chi connectivity index (χ1v) is 7.05. The zero-order valence-corrected chi connectivity index (χ0v) is 10.4. The third-order valence-electron chi connectivity index (χ3n) is 1.70. The molecule has 0 aromatic rings. The summed E-state index contributed by atoms with van der Waals surface area (Å²) in [5.74, 6) is -0.122. The van der Waals surface area contributed by atoms with Crippen LogP contribution in [0.2, 0.25) is 0 Å². The molecule has 0 atom stereocenters. The van der Waals surface area contributed by atoms with Crippen molar-refractivity contribution in [1.82, 2.24) is 10.6 Å². The molecular weight excluding hydrogens is 216 g/mol. The fraction of sp³-hybridized carbons (Fsp3) is 0.889. The van der Waals surface area contributed by atoms with E-state index < -0.39 is 9.84 Å². The Balaban J connectivity index is 3.50. The average molecular weight is 236 g/mol. The fourth-order valence-corrected chi connectivity index (χ4v) is 1.41. The van der Waals surface area contributed by atoms with Gasteiger partial charge < -0.3 is 10.6 Å². The van der Waals surface area contributed by atoms with E-state index in [1.165, 1.54) is 0 Å². The van der Waals surface area contributed by atoms with Crippen LogP contribution in [0, 0.1) is 0 Å². The van der Waals surface area contributed by atoms with Crippen LogP contribution in [0.1, 0.15) is 20.3 Å². The molecule has 15 heavy (non-hydrogen) atoms. The molecule has 0 fully saturated rings. The van der Waals surface area contributed by atoms with Gasteiger partial charge in [0.2, 0.25) is 5.91 Å². The van der Waals surface area contributed by atoms with Crippen molar-refractivity contribution in [2.75, 3.05) is 25.1 Å². The van der Waals surface area contributed by atoms with Crippen molar-refractivity contribution in [3.63, 3.8) is 0 Å². The molecule has 0 unspecified atom stereocenters. The van der Waals surface area contributed by atoms with E-state index in [-0.39, 0.29) is 18.2 Å². The van der Waals surface area contributed by atoms with Crippen molar-refractivity contribution in [2.24, 2.45) is 0 Å². The summed E-state index contributed by atoms with van der Waals surface area (Å²) in [5.41, 5.74) is 0. The van der Waals surface area contributed by atoms with Gasteiger partial charge in [-0.2, -0.15) is 0 Å². The number of hydrogen-bond acceptors (Lipinski definition) is 4. The van der Waals surface area contributed by atoms with Crippen molar-refractivity contribution in [1.29, 1.82) is 0 Å². The first-order valence-electron chi connectivity index (χ1n) is 4.99. The van der Waals surface area contributed by atoms with Crippen LogP contribution in [0.25, 0.3) is 0 Å². The van der Waals surface area contributed by atoms with Gasteiger partial charge in [-0.3, -0.25) is 4.79 Å². The summed E-state index contributed by atoms with van der Waals surface area (Å²) >= 11 is 0. The predicted octanol–water partition coefficient (Wildman–Crippen LogP) is -0.465. The second kappa shape index (κ2) is 6.79. The Morgan fingerprint density at radius 2 is 1.87 bits per heavy atom. The molecule has 5 nitrogen and oxygen atoms in total. The number of carbonyl (C=O) groups excluding carboxylic acids is 1. The van der Waals surface area contributed by atoms with Crippen LogP contribution < -0.4 is 10.6 Å². The highest BCUT2D eigenvalue weighted by molar-refractivity contribution is 7.90. The Kier molecular flexibility index (Phi) is 6.51. The van der Waals surface area contributed by atoms with Gasteiger partial charge in [0.15, 0.2) is 0 Å². The Hall–Kier alpha value is -0.620. The molecule has 0 radical (unpaired) electrons. The Bertz CT molecular complexity index is 286. The first kappa shape index (κ1) is 14.4.